The van der Waals surface area contributed by atoms with E-state index in [0.29, 0.717) is 0 Å². The highest BCUT2D eigenvalue weighted by atomic mass is 14.9. The standard InChI is InChI=1S/C13H12N2/c1-4-11(10-3-2-7-14-9-10)12-6-8-15-13(12)5-1/h1-5,7,9,15H,6,8H2. The highest BCUT2D eigenvalue weighted by Crippen LogP contribution is 2.32. The van der Waals surface area contributed by atoms with Gasteiger partial charge >= 0.3 is 0 Å². The van der Waals surface area contributed by atoms with E-state index in [1.54, 1.807) is 0 Å². The van der Waals surface area contributed by atoms with E-state index in [1.165, 1.54) is 22.4 Å². The van der Waals surface area contributed by atoms with Gasteiger partial charge in [-0.15, -0.1) is 0 Å². The first-order chi connectivity index (χ1) is 7.45. The number of nitrogens with zero attached hydrogens (tertiary/aromatic N) is 1. The number of hydrogen-bond acceptors (Lipinski definition) is 2. The molecule has 0 radical (unpaired) electrons. The zero-order chi connectivity index (χ0) is 10.1. The van der Waals surface area contributed by atoms with E-state index in [2.05, 4.69) is 34.6 Å². The summed E-state index contributed by atoms with van der Waals surface area (Å²) in [5.74, 6) is 0. The fourth-order valence-corrected chi connectivity index (χ4v) is 2.14. The number of fused-ring (bicyclic) bond motifs is 1. The first-order valence-corrected chi connectivity index (χ1v) is 5.21. The van der Waals surface area contributed by atoms with E-state index < -0.39 is 0 Å². The average molecular weight is 196 g/mol. The lowest BCUT2D eigenvalue weighted by molar-refractivity contribution is 1.11. The lowest BCUT2D eigenvalue weighted by Crippen LogP contribution is -1.90. The van der Waals surface area contributed by atoms with Crippen molar-refractivity contribution >= 4 is 5.69 Å². The van der Waals surface area contributed by atoms with Crippen molar-refractivity contribution in [3.8, 4) is 11.1 Å². The van der Waals surface area contributed by atoms with E-state index in [4.69, 9.17) is 0 Å². The maximum Gasteiger partial charge on any atom is 0.0379 e. The lowest BCUT2D eigenvalue weighted by Gasteiger charge is -2.06. The van der Waals surface area contributed by atoms with Gasteiger partial charge in [0, 0.05) is 30.2 Å². The molecule has 1 aliphatic heterocycles. The Balaban J connectivity index is 2.17. The molecule has 74 valence electrons. The highest BCUT2D eigenvalue weighted by Gasteiger charge is 2.14. The van der Waals surface area contributed by atoms with Crippen LogP contribution >= 0.6 is 0 Å². The van der Waals surface area contributed by atoms with Gasteiger partial charge in [0.05, 0.1) is 0 Å². The van der Waals surface area contributed by atoms with Crippen LogP contribution in [-0.2, 0) is 6.42 Å². The molecule has 1 aromatic carbocycles. The third-order valence-electron chi connectivity index (χ3n) is 2.84. The summed E-state index contributed by atoms with van der Waals surface area (Å²) in [4.78, 5) is 4.17. The molecule has 0 saturated heterocycles. The van der Waals surface area contributed by atoms with Gasteiger partial charge in [0.15, 0.2) is 0 Å². The van der Waals surface area contributed by atoms with Gasteiger partial charge in [0.1, 0.15) is 0 Å². The molecular weight excluding hydrogens is 184 g/mol. The van der Waals surface area contributed by atoms with Crippen molar-refractivity contribution in [2.45, 2.75) is 6.42 Å². The number of anilines is 1. The first kappa shape index (κ1) is 8.48. The van der Waals surface area contributed by atoms with Gasteiger partial charge in [-0.1, -0.05) is 18.2 Å². The predicted octanol–water partition coefficient (Wildman–Crippen LogP) is 2.72. The Kier molecular flexibility index (Phi) is 1.91. The Morgan fingerprint density at radius 1 is 1.13 bits per heavy atom. The Morgan fingerprint density at radius 3 is 3.00 bits per heavy atom. The third kappa shape index (κ3) is 1.38. The zero-order valence-corrected chi connectivity index (χ0v) is 8.40. The largest absolute Gasteiger partial charge is 0.384 e. The fraction of sp³-hybridized carbons (Fsp3) is 0.154. The molecule has 2 aromatic rings. The Morgan fingerprint density at radius 2 is 2.13 bits per heavy atom. The second kappa shape index (κ2) is 3.39. The molecule has 0 spiro atoms. The molecule has 0 saturated carbocycles. The number of aromatic nitrogens is 1. The molecule has 1 aromatic heterocycles. The molecule has 0 aliphatic carbocycles. The molecule has 15 heavy (non-hydrogen) atoms. The molecule has 0 unspecified atom stereocenters. The Bertz CT molecular complexity index is 477. The Hall–Kier alpha value is -1.83. The molecule has 0 atom stereocenters. The minimum Gasteiger partial charge on any atom is -0.384 e. The smallest absolute Gasteiger partial charge is 0.0379 e. The van der Waals surface area contributed by atoms with Gasteiger partial charge in [-0.05, 0) is 29.7 Å². The van der Waals surface area contributed by atoms with Crippen LogP contribution in [0.25, 0.3) is 11.1 Å². The van der Waals surface area contributed by atoms with Gasteiger partial charge in [0.25, 0.3) is 0 Å². The molecule has 2 nitrogen and oxygen atoms in total. The van der Waals surface area contributed by atoms with E-state index >= 15 is 0 Å². The summed E-state index contributed by atoms with van der Waals surface area (Å²) in [6.45, 7) is 1.05. The second-order valence-corrected chi connectivity index (χ2v) is 3.75. The molecule has 0 amide bonds. The van der Waals surface area contributed by atoms with Gasteiger partial charge in [0.2, 0.25) is 0 Å². The summed E-state index contributed by atoms with van der Waals surface area (Å²) < 4.78 is 0. The fourth-order valence-electron chi connectivity index (χ4n) is 2.14. The van der Waals surface area contributed by atoms with Crippen LogP contribution in [0, 0.1) is 0 Å². The van der Waals surface area contributed by atoms with Crippen molar-refractivity contribution in [2.75, 3.05) is 11.9 Å². The van der Waals surface area contributed by atoms with E-state index in [0.717, 1.165) is 13.0 Å². The van der Waals surface area contributed by atoms with E-state index in [-0.39, 0.29) is 0 Å². The van der Waals surface area contributed by atoms with Crippen LogP contribution in [-0.4, -0.2) is 11.5 Å². The number of nitrogens with one attached hydrogen (secondary N) is 1. The van der Waals surface area contributed by atoms with Crippen LogP contribution in [0.3, 0.4) is 0 Å². The summed E-state index contributed by atoms with van der Waals surface area (Å²) in [5.41, 5.74) is 5.21. The predicted molar refractivity (Wildman–Crippen MR) is 61.9 cm³/mol. The average Bonchev–Trinajstić information content (AvgIpc) is 2.78. The molecule has 2 heteroatoms. The number of benzene rings is 1. The summed E-state index contributed by atoms with van der Waals surface area (Å²) in [6, 6.07) is 10.5. The van der Waals surface area contributed by atoms with Crippen LogP contribution in [0.5, 0.6) is 0 Å². The molecule has 0 bridgehead atoms. The van der Waals surface area contributed by atoms with Crippen molar-refractivity contribution < 1.29 is 0 Å². The van der Waals surface area contributed by atoms with Crippen LogP contribution in [0.1, 0.15) is 5.56 Å². The van der Waals surface area contributed by atoms with Crippen LogP contribution in [0.15, 0.2) is 42.7 Å². The minimum atomic E-state index is 1.05. The third-order valence-corrected chi connectivity index (χ3v) is 2.84. The molecule has 2 heterocycles. The van der Waals surface area contributed by atoms with Crippen molar-refractivity contribution in [2.24, 2.45) is 0 Å². The molecule has 1 aliphatic rings. The topological polar surface area (TPSA) is 24.9 Å². The van der Waals surface area contributed by atoms with Crippen molar-refractivity contribution in [1.82, 2.24) is 4.98 Å². The summed E-state index contributed by atoms with van der Waals surface area (Å²) >= 11 is 0. The first-order valence-electron chi connectivity index (χ1n) is 5.21. The van der Waals surface area contributed by atoms with Gasteiger partial charge in [-0.2, -0.15) is 0 Å². The van der Waals surface area contributed by atoms with Crippen LogP contribution < -0.4 is 5.32 Å². The maximum atomic E-state index is 4.17. The number of pyridine rings is 1. The monoisotopic (exact) mass is 196 g/mol. The zero-order valence-electron chi connectivity index (χ0n) is 8.40. The van der Waals surface area contributed by atoms with Crippen molar-refractivity contribution in [1.29, 1.82) is 0 Å². The van der Waals surface area contributed by atoms with Crippen molar-refractivity contribution in [3.05, 3.63) is 48.3 Å². The SMILES string of the molecule is c1cncc(-c2cccc3c2CCN3)c1. The minimum absolute atomic E-state index is 1.05. The summed E-state index contributed by atoms with van der Waals surface area (Å²) in [5, 5.41) is 3.39. The number of hydrogen-bond donors (Lipinski definition) is 1. The normalized spacial score (nSPS) is 13.3. The molecule has 3 rings (SSSR count). The summed E-state index contributed by atoms with van der Waals surface area (Å²) in [6.07, 6.45) is 4.85. The summed E-state index contributed by atoms with van der Waals surface area (Å²) in [7, 11) is 0. The molecule has 1 N–H and O–H groups in total. The molecular formula is C13H12N2. The Labute approximate surface area is 89.0 Å². The van der Waals surface area contributed by atoms with Crippen molar-refractivity contribution in [3.63, 3.8) is 0 Å². The maximum absolute atomic E-state index is 4.17. The van der Waals surface area contributed by atoms with Crippen LogP contribution in [0.4, 0.5) is 5.69 Å². The quantitative estimate of drug-likeness (QED) is 0.758. The van der Waals surface area contributed by atoms with Crippen LogP contribution in [0.2, 0.25) is 0 Å². The second-order valence-electron chi connectivity index (χ2n) is 3.75. The number of rotatable bonds is 1. The molecule has 0 fully saturated rings. The van der Waals surface area contributed by atoms with E-state index in [1.807, 2.05) is 18.5 Å². The van der Waals surface area contributed by atoms with Gasteiger partial charge < -0.3 is 5.32 Å². The van der Waals surface area contributed by atoms with Gasteiger partial charge in [-0.25, -0.2) is 0 Å². The highest BCUT2D eigenvalue weighted by molar-refractivity contribution is 5.75. The lowest BCUT2D eigenvalue weighted by atomic mass is 9.99. The van der Waals surface area contributed by atoms with Gasteiger partial charge in [-0.3, -0.25) is 4.98 Å². The van der Waals surface area contributed by atoms with E-state index in [9.17, 15) is 0 Å².